The van der Waals surface area contributed by atoms with Crippen LogP contribution in [-0.2, 0) is 19.5 Å². The maximum atomic E-state index is 5.61. The smallest absolute Gasteiger partial charge is 0.0994 e. The molecular formula is C10H20N4. The minimum atomic E-state index is 0.501. The van der Waals surface area contributed by atoms with Crippen LogP contribution >= 0.6 is 0 Å². The van der Waals surface area contributed by atoms with Crippen LogP contribution in [0.1, 0.15) is 44.5 Å². The maximum absolute atomic E-state index is 5.61. The van der Waals surface area contributed by atoms with Gasteiger partial charge in [-0.25, -0.2) is 4.68 Å². The van der Waals surface area contributed by atoms with Crippen LogP contribution in [0.4, 0.5) is 0 Å². The Morgan fingerprint density at radius 1 is 1.29 bits per heavy atom. The molecule has 1 heterocycles. The lowest BCUT2D eigenvalue weighted by Crippen LogP contribution is -2.07. The summed E-state index contributed by atoms with van der Waals surface area (Å²) in [4.78, 5) is 0. The first-order valence-electron chi connectivity index (χ1n) is 5.44. The van der Waals surface area contributed by atoms with Gasteiger partial charge in [-0.05, 0) is 12.8 Å². The Labute approximate surface area is 85.5 Å². The highest BCUT2D eigenvalue weighted by Gasteiger charge is 2.09. The molecule has 0 aromatic carbocycles. The van der Waals surface area contributed by atoms with Crippen LogP contribution in [0.5, 0.6) is 0 Å². The van der Waals surface area contributed by atoms with Gasteiger partial charge in [0.15, 0.2) is 0 Å². The zero-order chi connectivity index (χ0) is 10.4. The van der Waals surface area contributed by atoms with Crippen LogP contribution in [0.15, 0.2) is 0 Å². The highest BCUT2D eigenvalue weighted by Crippen LogP contribution is 2.08. The second-order valence-electron chi connectivity index (χ2n) is 3.51. The van der Waals surface area contributed by atoms with Gasteiger partial charge in [-0.1, -0.05) is 31.9 Å². The second kappa shape index (κ2) is 5.75. The van der Waals surface area contributed by atoms with E-state index in [2.05, 4.69) is 24.2 Å². The largest absolute Gasteiger partial charge is 0.325 e. The lowest BCUT2D eigenvalue weighted by atomic mass is 10.2. The van der Waals surface area contributed by atoms with Crippen LogP contribution in [-0.4, -0.2) is 15.0 Å². The quantitative estimate of drug-likeness (QED) is 0.750. The topological polar surface area (TPSA) is 56.7 Å². The molecule has 0 spiro atoms. The Balaban J connectivity index is 2.75. The number of unbranched alkanes of at least 4 members (excludes halogenated alkanes) is 1. The molecule has 0 saturated heterocycles. The van der Waals surface area contributed by atoms with Gasteiger partial charge in [0, 0.05) is 13.1 Å². The molecule has 0 amide bonds. The summed E-state index contributed by atoms with van der Waals surface area (Å²) in [7, 11) is 0. The molecule has 1 rings (SSSR count). The number of hydrogen-bond donors (Lipinski definition) is 1. The Hall–Kier alpha value is -0.900. The molecule has 1 aromatic heterocycles. The summed E-state index contributed by atoms with van der Waals surface area (Å²) in [5, 5.41) is 8.22. The molecule has 80 valence electrons. The van der Waals surface area contributed by atoms with Crippen LogP contribution in [0.2, 0.25) is 0 Å². The number of nitrogens with zero attached hydrogens (tertiary/aromatic N) is 3. The summed E-state index contributed by atoms with van der Waals surface area (Å²) in [6.45, 7) is 5.82. The van der Waals surface area contributed by atoms with Crippen molar-refractivity contribution in [3.8, 4) is 0 Å². The molecule has 0 aliphatic rings. The summed E-state index contributed by atoms with van der Waals surface area (Å²) in [5.41, 5.74) is 7.79. The summed E-state index contributed by atoms with van der Waals surface area (Å²) < 4.78 is 2.01. The molecular weight excluding hydrogens is 176 g/mol. The Morgan fingerprint density at radius 2 is 2.07 bits per heavy atom. The van der Waals surface area contributed by atoms with E-state index in [1.165, 1.54) is 12.1 Å². The molecule has 0 atom stereocenters. The maximum Gasteiger partial charge on any atom is 0.0994 e. The van der Waals surface area contributed by atoms with E-state index in [0.717, 1.165) is 31.5 Å². The molecule has 0 aliphatic carbocycles. The highest BCUT2D eigenvalue weighted by atomic mass is 15.4. The summed E-state index contributed by atoms with van der Waals surface area (Å²) >= 11 is 0. The highest BCUT2D eigenvalue weighted by molar-refractivity contribution is 5.09. The van der Waals surface area contributed by atoms with E-state index < -0.39 is 0 Å². The first kappa shape index (κ1) is 11.2. The molecule has 0 unspecified atom stereocenters. The molecule has 0 aliphatic heterocycles. The monoisotopic (exact) mass is 196 g/mol. The zero-order valence-electron chi connectivity index (χ0n) is 9.16. The molecule has 0 fully saturated rings. The summed E-state index contributed by atoms with van der Waals surface area (Å²) in [6.07, 6.45) is 4.49. The predicted octanol–water partition coefficient (Wildman–Crippen LogP) is 1.49. The van der Waals surface area contributed by atoms with E-state index in [4.69, 9.17) is 5.73 Å². The number of aromatic nitrogens is 3. The van der Waals surface area contributed by atoms with Crippen molar-refractivity contribution in [2.75, 3.05) is 0 Å². The zero-order valence-corrected chi connectivity index (χ0v) is 9.16. The van der Waals surface area contributed by atoms with Crippen molar-refractivity contribution in [2.24, 2.45) is 5.73 Å². The van der Waals surface area contributed by atoms with E-state index in [9.17, 15) is 0 Å². The van der Waals surface area contributed by atoms with Gasteiger partial charge in [0.1, 0.15) is 0 Å². The Kier molecular flexibility index (Phi) is 4.59. The van der Waals surface area contributed by atoms with E-state index in [1.807, 2.05) is 4.68 Å². The second-order valence-corrected chi connectivity index (χ2v) is 3.51. The first-order chi connectivity index (χ1) is 6.83. The molecule has 0 radical (unpaired) electrons. The SMILES string of the molecule is CCCCn1nnc(CN)c1CCC. The number of hydrogen-bond acceptors (Lipinski definition) is 3. The van der Waals surface area contributed by atoms with Crippen molar-refractivity contribution in [3.63, 3.8) is 0 Å². The number of rotatable bonds is 6. The van der Waals surface area contributed by atoms with Crippen molar-refractivity contribution in [1.82, 2.24) is 15.0 Å². The van der Waals surface area contributed by atoms with E-state index in [0.29, 0.717) is 6.54 Å². The lowest BCUT2D eigenvalue weighted by Gasteiger charge is -2.05. The number of nitrogens with two attached hydrogens (primary N) is 1. The normalized spacial score (nSPS) is 10.8. The van der Waals surface area contributed by atoms with Crippen molar-refractivity contribution >= 4 is 0 Å². The van der Waals surface area contributed by atoms with Crippen molar-refractivity contribution in [2.45, 2.75) is 52.6 Å². The lowest BCUT2D eigenvalue weighted by molar-refractivity contribution is 0.530. The Bertz CT molecular complexity index is 267. The van der Waals surface area contributed by atoms with Crippen LogP contribution in [0.25, 0.3) is 0 Å². The van der Waals surface area contributed by atoms with Gasteiger partial charge >= 0.3 is 0 Å². The fourth-order valence-corrected chi connectivity index (χ4v) is 1.52. The first-order valence-corrected chi connectivity index (χ1v) is 5.44. The third-order valence-electron chi connectivity index (χ3n) is 2.32. The van der Waals surface area contributed by atoms with Gasteiger partial charge in [-0.15, -0.1) is 5.10 Å². The molecule has 2 N–H and O–H groups in total. The minimum absolute atomic E-state index is 0.501. The molecule has 4 heteroatoms. The average Bonchev–Trinajstić information content (AvgIpc) is 2.58. The third-order valence-corrected chi connectivity index (χ3v) is 2.32. The Morgan fingerprint density at radius 3 is 2.64 bits per heavy atom. The van der Waals surface area contributed by atoms with E-state index in [-0.39, 0.29) is 0 Å². The predicted molar refractivity (Wildman–Crippen MR) is 56.8 cm³/mol. The van der Waals surface area contributed by atoms with Gasteiger partial charge in [-0.2, -0.15) is 0 Å². The fourth-order valence-electron chi connectivity index (χ4n) is 1.52. The van der Waals surface area contributed by atoms with Crippen LogP contribution in [0, 0.1) is 0 Å². The van der Waals surface area contributed by atoms with Crippen molar-refractivity contribution < 1.29 is 0 Å². The molecule has 14 heavy (non-hydrogen) atoms. The van der Waals surface area contributed by atoms with Crippen molar-refractivity contribution in [1.29, 1.82) is 0 Å². The van der Waals surface area contributed by atoms with Gasteiger partial charge in [0.2, 0.25) is 0 Å². The van der Waals surface area contributed by atoms with Crippen LogP contribution < -0.4 is 5.73 Å². The van der Waals surface area contributed by atoms with Gasteiger partial charge in [0.05, 0.1) is 11.4 Å². The molecule has 0 saturated carbocycles. The fraction of sp³-hybridized carbons (Fsp3) is 0.800. The number of aryl methyl sites for hydroxylation is 1. The van der Waals surface area contributed by atoms with E-state index >= 15 is 0 Å². The summed E-state index contributed by atoms with van der Waals surface area (Å²) in [6, 6.07) is 0. The van der Waals surface area contributed by atoms with Gasteiger partial charge < -0.3 is 5.73 Å². The molecule has 0 bridgehead atoms. The van der Waals surface area contributed by atoms with E-state index in [1.54, 1.807) is 0 Å². The summed E-state index contributed by atoms with van der Waals surface area (Å²) in [5.74, 6) is 0. The van der Waals surface area contributed by atoms with Gasteiger partial charge in [-0.3, -0.25) is 0 Å². The van der Waals surface area contributed by atoms with Crippen molar-refractivity contribution in [3.05, 3.63) is 11.4 Å². The standard InChI is InChI=1S/C10H20N4/c1-3-5-7-14-10(6-4-2)9(8-11)12-13-14/h3-8,11H2,1-2H3. The average molecular weight is 196 g/mol. The van der Waals surface area contributed by atoms with Crippen LogP contribution in [0.3, 0.4) is 0 Å². The third kappa shape index (κ3) is 2.54. The van der Waals surface area contributed by atoms with Gasteiger partial charge in [0.25, 0.3) is 0 Å². The molecule has 4 nitrogen and oxygen atoms in total. The minimum Gasteiger partial charge on any atom is -0.325 e. The molecule has 1 aromatic rings.